The number of aryl methyl sites for hydroxylation is 2. The molecule has 0 radical (unpaired) electrons. The number of carbonyl (C=O) groups excluding carboxylic acids is 1. The maximum atomic E-state index is 11.3. The highest BCUT2D eigenvalue weighted by Gasteiger charge is 2.29. The van der Waals surface area contributed by atoms with Gasteiger partial charge in [-0.2, -0.15) is 5.10 Å². The van der Waals surface area contributed by atoms with Crippen molar-refractivity contribution in [3.8, 4) is 16.3 Å². The SMILES string of the molecule is Cn1cc2c(n1)-c1c(O)sc(C(N)=O)c1CC2. The number of nitrogens with zero attached hydrogens (tertiary/aromatic N) is 2. The molecule has 88 valence electrons. The largest absolute Gasteiger partial charge is 0.499 e. The van der Waals surface area contributed by atoms with E-state index in [9.17, 15) is 9.90 Å². The van der Waals surface area contributed by atoms with Crippen LogP contribution in [0, 0.1) is 0 Å². The summed E-state index contributed by atoms with van der Waals surface area (Å²) in [6.45, 7) is 0. The lowest BCUT2D eigenvalue weighted by Crippen LogP contribution is -2.13. The van der Waals surface area contributed by atoms with Crippen LogP contribution < -0.4 is 5.73 Å². The minimum absolute atomic E-state index is 0.133. The number of rotatable bonds is 1. The molecule has 0 bridgehead atoms. The zero-order valence-electron chi connectivity index (χ0n) is 9.23. The summed E-state index contributed by atoms with van der Waals surface area (Å²) in [4.78, 5) is 11.8. The van der Waals surface area contributed by atoms with E-state index in [1.807, 2.05) is 13.2 Å². The van der Waals surface area contributed by atoms with E-state index in [1.54, 1.807) is 4.68 Å². The molecule has 2 heterocycles. The monoisotopic (exact) mass is 249 g/mol. The van der Waals surface area contributed by atoms with E-state index < -0.39 is 5.91 Å². The van der Waals surface area contributed by atoms with Gasteiger partial charge in [0, 0.05) is 13.2 Å². The number of thiophene rings is 1. The normalized spacial score (nSPS) is 13.2. The summed E-state index contributed by atoms with van der Waals surface area (Å²) in [5.41, 5.74) is 8.71. The Morgan fingerprint density at radius 2 is 2.35 bits per heavy atom. The van der Waals surface area contributed by atoms with Crippen LogP contribution in [0.3, 0.4) is 0 Å². The fourth-order valence-electron chi connectivity index (χ4n) is 2.32. The van der Waals surface area contributed by atoms with Crippen LogP contribution in [0.2, 0.25) is 0 Å². The van der Waals surface area contributed by atoms with E-state index in [4.69, 9.17) is 5.73 Å². The minimum atomic E-state index is -0.481. The van der Waals surface area contributed by atoms with Crippen LogP contribution in [-0.4, -0.2) is 20.8 Å². The second-order valence-electron chi connectivity index (χ2n) is 4.13. The standard InChI is InChI=1S/C11H11N3O2S/c1-14-4-5-2-3-6-7(8(5)13-14)11(16)17-9(6)10(12)15/h4,16H,2-3H2,1H3,(H2,12,15). The van der Waals surface area contributed by atoms with Gasteiger partial charge in [0.2, 0.25) is 0 Å². The number of aromatic hydroxyl groups is 1. The quantitative estimate of drug-likeness (QED) is 0.792. The van der Waals surface area contributed by atoms with Crippen molar-refractivity contribution < 1.29 is 9.90 Å². The van der Waals surface area contributed by atoms with Crippen LogP contribution in [0.4, 0.5) is 0 Å². The first-order chi connectivity index (χ1) is 8.08. The Bertz CT molecular complexity index is 627. The Kier molecular flexibility index (Phi) is 2.03. The number of primary amides is 1. The van der Waals surface area contributed by atoms with Crippen LogP contribution in [-0.2, 0) is 19.9 Å². The van der Waals surface area contributed by atoms with E-state index in [-0.39, 0.29) is 5.06 Å². The Labute approximate surface area is 101 Å². The van der Waals surface area contributed by atoms with Gasteiger partial charge in [0.25, 0.3) is 5.91 Å². The van der Waals surface area contributed by atoms with Gasteiger partial charge in [-0.3, -0.25) is 9.48 Å². The van der Waals surface area contributed by atoms with Crippen LogP contribution in [0.1, 0.15) is 20.8 Å². The molecule has 0 atom stereocenters. The molecule has 17 heavy (non-hydrogen) atoms. The molecular formula is C11H11N3O2S. The van der Waals surface area contributed by atoms with Crippen molar-refractivity contribution in [1.29, 1.82) is 0 Å². The molecule has 0 saturated heterocycles. The van der Waals surface area contributed by atoms with Crippen molar-refractivity contribution in [2.24, 2.45) is 12.8 Å². The molecular weight excluding hydrogens is 238 g/mol. The van der Waals surface area contributed by atoms with Crippen molar-refractivity contribution in [2.45, 2.75) is 12.8 Å². The lowest BCUT2D eigenvalue weighted by molar-refractivity contribution is 0.100. The fraction of sp³-hybridized carbons (Fsp3) is 0.273. The first kappa shape index (κ1) is 10.3. The summed E-state index contributed by atoms with van der Waals surface area (Å²) in [6.07, 6.45) is 3.50. The van der Waals surface area contributed by atoms with Crippen molar-refractivity contribution in [2.75, 3.05) is 0 Å². The zero-order chi connectivity index (χ0) is 12.2. The second kappa shape index (κ2) is 3.33. The first-order valence-corrected chi connectivity index (χ1v) is 6.07. The number of nitrogens with two attached hydrogens (primary N) is 1. The van der Waals surface area contributed by atoms with Crippen molar-refractivity contribution >= 4 is 17.2 Å². The molecule has 1 amide bonds. The highest BCUT2D eigenvalue weighted by molar-refractivity contribution is 7.16. The molecule has 1 aliphatic carbocycles. The van der Waals surface area contributed by atoms with Crippen LogP contribution >= 0.6 is 11.3 Å². The molecule has 0 fully saturated rings. The highest BCUT2D eigenvalue weighted by atomic mass is 32.1. The number of fused-ring (bicyclic) bond motifs is 3. The summed E-state index contributed by atoms with van der Waals surface area (Å²) in [5.74, 6) is -0.481. The Hall–Kier alpha value is -1.82. The second-order valence-corrected chi connectivity index (χ2v) is 5.13. The molecule has 1 aliphatic rings. The zero-order valence-corrected chi connectivity index (χ0v) is 10.0. The predicted octanol–water partition coefficient (Wildman–Crippen LogP) is 1.05. The van der Waals surface area contributed by atoms with Crippen LogP contribution in [0.15, 0.2) is 6.20 Å². The summed E-state index contributed by atoms with van der Waals surface area (Å²) in [5, 5.41) is 14.4. The van der Waals surface area contributed by atoms with Gasteiger partial charge in [0.15, 0.2) is 5.06 Å². The van der Waals surface area contributed by atoms with Crippen molar-refractivity contribution in [3.05, 3.63) is 22.2 Å². The van der Waals surface area contributed by atoms with Gasteiger partial charge in [0.05, 0.1) is 10.4 Å². The Balaban J connectivity index is 2.29. The third-order valence-corrected chi connectivity index (χ3v) is 4.05. The van der Waals surface area contributed by atoms with E-state index in [0.717, 1.165) is 41.0 Å². The molecule has 0 saturated carbocycles. The average Bonchev–Trinajstić information content (AvgIpc) is 2.77. The van der Waals surface area contributed by atoms with Gasteiger partial charge in [-0.15, -0.1) is 0 Å². The van der Waals surface area contributed by atoms with E-state index in [1.165, 1.54) is 0 Å². The van der Waals surface area contributed by atoms with Gasteiger partial charge in [0.1, 0.15) is 5.69 Å². The fourth-order valence-corrected chi connectivity index (χ4v) is 3.27. The number of carbonyl (C=O) groups is 1. The molecule has 0 spiro atoms. The number of hydrogen-bond acceptors (Lipinski definition) is 4. The van der Waals surface area contributed by atoms with Crippen molar-refractivity contribution in [1.82, 2.24) is 9.78 Å². The Morgan fingerprint density at radius 1 is 1.59 bits per heavy atom. The lowest BCUT2D eigenvalue weighted by Gasteiger charge is -2.11. The molecule has 3 rings (SSSR count). The van der Waals surface area contributed by atoms with Gasteiger partial charge >= 0.3 is 0 Å². The predicted molar refractivity (Wildman–Crippen MR) is 64.1 cm³/mol. The topological polar surface area (TPSA) is 81.1 Å². The van der Waals surface area contributed by atoms with E-state index >= 15 is 0 Å². The van der Waals surface area contributed by atoms with Gasteiger partial charge in [-0.05, 0) is 24.0 Å². The third-order valence-electron chi connectivity index (χ3n) is 3.00. The maximum absolute atomic E-state index is 11.3. The number of amides is 1. The third kappa shape index (κ3) is 1.37. The molecule has 0 aromatic carbocycles. The van der Waals surface area contributed by atoms with Gasteiger partial charge in [-0.1, -0.05) is 11.3 Å². The molecule has 2 aromatic heterocycles. The number of aromatic nitrogens is 2. The number of hydrogen-bond donors (Lipinski definition) is 2. The van der Waals surface area contributed by atoms with E-state index in [0.29, 0.717) is 10.4 Å². The summed E-state index contributed by atoms with van der Waals surface area (Å²) < 4.78 is 1.72. The molecule has 5 nitrogen and oxygen atoms in total. The summed E-state index contributed by atoms with van der Waals surface area (Å²) >= 11 is 1.04. The summed E-state index contributed by atoms with van der Waals surface area (Å²) in [7, 11) is 1.84. The molecule has 3 N–H and O–H groups in total. The molecule has 2 aromatic rings. The maximum Gasteiger partial charge on any atom is 0.259 e. The average molecular weight is 249 g/mol. The lowest BCUT2D eigenvalue weighted by atomic mass is 9.92. The molecule has 0 aliphatic heterocycles. The van der Waals surface area contributed by atoms with Crippen LogP contribution in [0.25, 0.3) is 11.3 Å². The molecule has 6 heteroatoms. The van der Waals surface area contributed by atoms with Crippen LogP contribution in [0.5, 0.6) is 5.06 Å². The van der Waals surface area contributed by atoms with E-state index in [2.05, 4.69) is 5.10 Å². The first-order valence-electron chi connectivity index (χ1n) is 5.25. The van der Waals surface area contributed by atoms with Crippen molar-refractivity contribution in [3.63, 3.8) is 0 Å². The Morgan fingerprint density at radius 3 is 3.06 bits per heavy atom. The molecule has 0 unspecified atom stereocenters. The summed E-state index contributed by atoms with van der Waals surface area (Å²) in [6, 6.07) is 0. The minimum Gasteiger partial charge on any atom is -0.499 e. The smallest absolute Gasteiger partial charge is 0.259 e. The van der Waals surface area contributed by atoms with Gasteiger partial charge in [-0.25, -0.2) is 0 Å². The highest BCUT2D eigenvalue weighted by Crippen LogP contribution is 2.45. The van der Waals surface area contributed by atoms with Gasteiger partial charge < -0.3 is 10.8 Å².